The Morgan fingerprint density at radius 2 is 1.11 bits per heavy atom. The zero-order valence-corrected chi connectivity index (χ0v) is 32.1. The Hall–Kier alpha value is -3.32. The summed E-state index contributed by atoms with van der Waals surface area (Å²) in [5.41, 5.74) is 5.46. The van der Waals surface area contributed by atoms with Crippen LogP contribution in [0.5, 0.6) is 23.0 Å². The van der Waals surface area contributed by atoms with E-state index in [1.165, 1.54) is 19.2 Å². The molecule has 0 unspecified atom stereocenters. The molecule has 4 aromatic rings. The molecule has 4 heterocycles. The highest BCUT2D eigenvalue weighted by Crippen LogP contribution is 2.35. The number of hydrogen-bond donors (Lipinski definition) is 3. The molecule has 0 aromatic carbocycles. The first kappa shape index (κ1) is 40.7. The largest absolute Gasteiger partial charge is 0.504 e. The van der Waals surface area contributed by atoms with Crippen molar-refractivity contribution in [2.24, 2.45) is 0 Å². The summed E-state index contributed by atoms with van der Waals surface area (Å²) in [6.07, 6.45) is 1.03. The van der Waals surface area contributed by atoms with Crippen LogP contribution in [-0.2, 0) is 0 Å². The van der Waals surface area contributed by atoms with Crippen molar-refractivity contribution in [1.29, 1.82) is 0 Å². The van der Waals surface area contributed by atoms with Gasteiger partial charge in [-0.05, 0) is 106 Å². The number of pyridine rings is 4. The van der Waals surface area contributed by atoms with Gasteiger partial charge in [-0.25, -0.2) is 4.98 Å². The number of methoxy groups -OCH3 is 2. The number of anilines is 1. The van der Waals surface area contributed by atoms with Crippen LogP contribution in [0, 0.1) is 30.3 Å². The molecule has 0 atom stereocenters. The van der Waals surface area contributed by atoms with E-state index in [0.29, 0.717) is 31.0 Å². The molecule has 4 N–H and O–H groups in total. The third-order valence-corrected chi connectivity index (χ3v) is 7.78. The van der Waals surface area contributed by atoms with Gasteiger partial charge in [-0.2, -0.15) is 0 Å². The lowest BCUT2D eigenvalue weighted by atomic mass is 10.4. The topological polar surface area (TPSA) is 266 Å². The standard InChI is InChI=1S/C6H4Br2N2O3.C6H6Br2N2O.C5H2Br2N2O3.C5H4N2O3/c1-13-5-3(7)2-4(10(11)12)9-6(5)8;1-11-5-3(7)2-4(9)10-6(5)8;6-2-1-3(9(11)12)8-5(7)4(2)10;8-4-1-2-5(6-3-4)7(9)10/h2H,1H3;2H,1H3,(H2,9,10);1,10H;1-3,8H. The highest BCUT2D eigenvalue weighted by atomic mass is 79.9. The second-order valence-electron chi connectivity index (χ2n) is 7.39. The fourth-order valence-electron chi connectivity index (χ4n) is 2.45. The molecule has 0 aliphatic carbocycles. The summed E-state index contributed by atoms with van der Waals surface area (Å²) in [6, 6.07) is 6.44. The SMILES string of the molecule is COc1c(Br)cc(N)nc1Br.COc1c(Br)cc([N+](=O)[O-])nc1Br.O=[N+]([O-])c1cc(Br)c(O)c(Br)n1.O=[N+]([O-])c1ccc(O)cn1. The van der Waals surface area contributed by atoms with E-state index in [-0.39, 0.29) is 38.0 Å². The van der Waals surface area contributed by atoms with Crippen LogP contribution in [0.3, 0.4) is 0 Å². The van der Waals surface area contributed by atoms with Crippen LogP contribution in [0.15, 0.2) is 63.8 Å². The number of nitrogen functional groups attached to an aromatic ring is 1. The van der Waals surface area contributed by atoms with Gasteiger partial charge < -0.3 is 55.8 Å². The average Bonchev–Trinajstić information content (AvgIpc) is 2.96. The fourth-order valence-corrected chi connectivity index (χ4v) is 6.32. The summed E-state index contributed by atoms with van der Waals surface area (Å²) in [5, 5.41) is 48.4. The predicted octanol–water partition coefficient (Wildman–Crippen LogP) is 7.64. The summed E-state index contributed by atoms with van der Waals surface area (Å²) in [4.78, 5) is 43.1. The number of rotatable bonds is 5. The van der Waals surface area contributed by atoms with Gasteiger partial charge in [0.25, 0.3) is 9.21 Å². The van der Waals surface area contributed by atoms with Gasteiger partial charge in [-0.15, -0.1) is 0 Å². The van der Waals surface area contributed by atoms with Crippen molar-refractivity contribution in [3.8, 4) is 23.0 Å². The Kier molecular flexibility index (Phi) is 17.1. The first-order chi connectivity index (χ1) is 21.4. The Morgan fingerprint density at radius 3 is 1.48 bits per heavy atom. The Bertz CT molecular complexity index is 1650. The molecule has 0 radical (unpaired) electrons. The highest BCUT2D eigenvalue weighted by Gasteiger charge is 2.18. The molecule has 0 saturated carbocycles. The van der Waals surface area contributed by atoms with Crippen molar-refractivity contribution in [1.82, 2.24) is 19.9 Å². The number of nitro groups is 3. The molecule has 0 aliphatic rings. The summed E-state index contributed by atoms with van der Waals surface area (Å²) in [6.45, 7) is 0. The van der Waals surface area contributed by atoms with E-state index in [1.54, 1.807) is 13.2 Å². The Balaban J connectivity index is 0.000000308. The molecular formula is C22H16Br6N8O10. The van der Waals surface area contributed by atoms with E-state index in [0.717, 1.165) is 22.8 Å². The van der Waals surface area contributed by atoms with Crippen LogP contribution < -0.4 is 15.2 Å². The van der Waals surface area contributed by atoms with Crippen molar-refractivity contribution < 1.29 is 34.5 Å². The van der Waals surface area contributed by atoms with Crippen LogP contribution in [0.25, 0.3) is 0 Å². The van der Waals surface area contributed by atoms with Crippen LogP contribution >= 0.6 is 95.6 Å². The second kappa shape index (κ2) is 19.4. The molecule has 0 amide bonds. The molecule has 24 heteroatoms. The Labute approximate surface area is 308 Å². The van der Waals surface area contributed by atoms with Crippen LogP contribution in [0.4, 0.5) is 23.3 Å². The third-order valence-electron chi connectivity index (χ3n) is 4.37. The van der Waals surface area contributed by atoms with E-state index >= 15 is 0 Å². The predicted molar refractivity (Wildman–Crippen MR) is 184 cm³/mol. The first-order valence-electron chi connectivity index (χ1n) is 11.1. The first-order valence-corrected chi connectivity index (χ1v) is 15.9. The van der Waals surface area contributed by atoms with Crippen molar-refractivity contribution in [2.75, 3.05) is 20.0 Å². The lowest BCUT2D eigenvalue weighted by Crippen LogP contribution is -1.95. The second-order valence-corrected chi connectivity index (χ2v) is 12.2. The van der Waals surface area contributed by atoms with E-state index < -0.39 is 14.8 Å². The number of hydrogen-bond acceptors (Lipinski definition) is 15. The van der Waals surface area contributed by atoms with Crippen LogP contribution in [-0.4, -0.2) is 59.1 Å². The molecule has 4 rings (SSSR count). The summed E-state index contributed by atoms with van der Waals surface area (Å²) < 4.78 is 12.4. The van der Waals surface area contributed by atoms with Crippen molar-refractivity contribution in [2.45, 2.75) is 0 Å². The van der Waals surface area contributed by atoms with Gasteiger partial charge in [0.2, 0.25) is 0 Å². The zero-order valence-electron chi connectivity index (χ0n) is 22.6. The maximum absolute atomic E-state index is 10.4. The summed E-state index contributed by atoms with van der Waals surface area (Å²) in [7, 11) is 3.03. The maximum Gasteiger partial charge on any atom is 0.366 e. The zero-order chi connectivity index (χ0) is 35.3. The lowest BCUT2D eigenvalue weighted by molar-refractivity contribution is -0.389. The van der Waals surface area contributed by atoms with Crippen molar-refractivity contribution in [3.05, 3.63) is 94.1 Å². The Morgan fingerprint density at radius 1 is 0.674 bits per heavy atom. The van der Waals surface area contributed by atoms with Gasteiger partial charge >= 0.3 is 17.5 Å². The normalized spacial score (nSPS) is 9.65. The van der Waals surface area contributed by atoms with Gasteiger partial charge in [-0.3, -0.25) is 0 Å². The van der Waals surface area contributed by atoms with Gasteiger partial charge in [0, 0.05) is 37.9 Å². The van der Waals surface area contributed by atoms with E-state index in [9.17, 15) is 30.3 Å². The number of halogens is 6. The van der Waals surface area contributed by atoms with Gasteiger partial charge in [0.05, 0.1) is 39.8 Å². The quantitative estimate of drug-likeness (QED) is 0.0985. The molecule has 46 heavy (non-hydrogen) atoms. The molecule has 0 saturated heterocycles. The number of nitrogens with zero attached hydrogens (tertiary/aromatic N) is 7. The van der Waals surface area contributed by atoms with Gasteiger partial charge in [0.1, 0.15) is 5.82 Å². The summed E-state index contributed by atoms with van der Waals surface area (Å²) >= 11 is 18.5. The maximum atomic E-state index is 10.4. The van der Waals surface area contributed by atoms with Gasteiger partial charge in [0.15, 0.2) is 33.8 Å². The van der Waals surface area contributed by atoms with Crippen LogP contribution in [0.2, 0.25) is 0 Å². The highest BCUT2D eigenvalue weighted by molar-refractivity contribution is 9.11. The minimum Gasteiger partial charge on any atom is -0.504 e. The lowest BCUT2D eigenvalue weighted by Gasteiger charge is -2.04. The smallest absolute Gasteiger partial charge is 0.366 e. The number of nitrogens with two attached hydrogens (primary N) is 1. The van der Waals surface area contributed by atoms with Crippen molar-refractivity contribution in [3.63, 3.8) is 0 Å². The molecule has 0 bridgehead atoms. The number of aromatic hydroxyl groups is 2. The van der Waals surface area contributed by atoms with Crippen molar-refractivity contribution >= 4 is 119 Å². The molecule has 0 aliphatic heterocycles. The molecule has 0 fully saturated rings. The van der Waals surface area contributed by atoms with E-state index in [4.69, 9.17) is 25.4 Å². The van der Waals surface area contributed by atoms with Crippen LogP contribution in [0.1, 0.15) is 0 Å². The molecule has 4 aromatic heterocycles. The molecule has 246 valence electrons. The number of aromatic nitrogens is 4. The van der Waals surface area contributed by atoms with E-state index in [2.05, 4.69) is 116 Å². The average molecular weight is 1030 g/mol. The minimum absolute atomic E-state index is 0.0450. The fraction of sp³-hybridized carbons (Fsp3) is 0.0909. The molecule has 18 nitrogen and oxygen atoms in total. The monoisotopic (exact) mass is 1030 g/mol. The van der Waals surface area contributed by atoms with Gasteiger partial charge in [-0.1, -0.05) is 0 Å². The minimum atomic E-state index is -0.644. The molecule has 0 spiro atoms. The summed E-state index contributed by atoms with van der Waals surface area (Å²) in [5.74, 6) is 0.476. The molecular weight excluding hydrogens is 1020 g/mol. The van der Waals surface area contributed by atoms with E-state index in [1.807, 2.05) is 0 Å². The number of ether oxygens (including phenoxy) is 2. The third kappa shape index (κ3) is 12.8.